The lowest BCUT2D eigenvalue weighted by atomic mass is 9.99. The maximum Gasteiger partial charge on any atom is 0.134 e. The highest BCUT2D eigenvalue weighted by molar-refractivity contribution is 8.76. The lowest BCUT2D eigenvalue weighted by molar-refractivity contribution is -0.119. The van der Waals surface area contributed by atoms with Crippen LogP contribution in [0.1, 0.15) is 40.5 Å². The van der Waals surface area contributed by atoms with Crippen LogP contribution in [0.5, 0.6) is 0 Å². The van der Waals surface area contributed by atoms with Crippen molar-refractivity contribution in [2.45, 2.75) is 45.8 Å². The monoisotopic (exact) mass is 234 g/mol. The first kappa shape index (κ1) is 14.4. The first-order chi connectivity index (χ1) is 6.47. The van der Waals surface area contributed by atoms with E-state index in [1.165, 1.54) is 0 Å². The maximum atomic E-state index is 11.6. The van der Waals surface area contributed by atoms with E-state index in [2.05, 4.69) is 34.0 Å². The zero-order chi connectivity index (χ0) is 11.1. The Kier molecular flexibility index (Phi) is 7.84. The van der Waals surface area contributed by atoms with Gasteiger partial charge in [-0.25, -0.2) is 0 Å². The quantitative estimate of drug-likeness (QED) is 0.619. The van der Waals surface area contributed by atoms with Gasteiger partial charge in [-0.1, -0.05) is 49.3 Å². The minimum absolute atomic E-state index is 0.417. The van der Waals surface area contributed by atoms with E-state index < -0.39 is 0 Å². The smallest absolute Gasteiger partial charge is 0.134 e. The second kappa shape index (κ2) is 7.63. The molecular weight excluding hydrogens is 212 g/mol. The number of carbonyl (C=O) groups excluding carboxylic acids is 1. The second-order valence-electron chi connectivity index (χ2n) is 4.39. The van der Waals surface area contributed by atoms with Gasteiger partial charge in [0, 0.05) is 18.1 Å². The zero-order valence-electron chi connectivity index (χ0n) is 9.87. The van der Waals surface area contributed by atoms with Gasteiger partial charge in [-0.05, 0) is 18.1 Å². The van der Waals surface area contributed by atoms with Gasteiger partial charge < -0.3 is 0 Å². The molecule has 0 spiro atoms. The van der Waals surface area contributed by atoms with Gasteiger partial charge in [0.15, 0.2) is 0 Å². The fourth-order valence-corrected chi connectivity index (χ4v) is 3.60. The van der Waals surface area contributed by atoms with Crippen molar-refractivity contribution in [2.24, 2.45) is 11.8 Å². The standard InChI is InChI=1S/C11H22OS2/c1-8(2)6-10(12)7-11(9(3)4)14-13-5/h8-9,11H,6-7H2,1-5H3. The van der Waals surface area contributed by atoms with Gasteiger partial charge in [-0.2, -0.15) is 0 Å². The minimum atomic E-state index is 0.417. The summed E-state index contributed by atoms with van der Waals surface area (Å²) in [5.74, 6) is 1.50. The van der Waals surface area contributed by atoms with Gasteiger partial charge >= 0.3 is 0 Å². The summed E-state index contributed by atoms with van der Waals surface area (Å²) >= 11 is 0. The number of hydrogen-bond acceptors (Lipinski definition) is 3. The Morgan fingerprint density at radius 3 is 2.07 bits per heavy atom. The first-order valence-electron chi connectivity index (χ1n) is 5.18. The summed E-state index contributed by atoms with van der Waals surface area (Å²) in [6.45, 7) is 8.58. The zero-order valence-corrected chi connectivity index (χ0v) is 11.5. The molecule has 14 heavy (non-hydrogen) atoms. The van der Waals surface area contributed by atoms with Crippen molar-refractivity contribution in [3.05, 3.63) is 0 Å². The van der Waals surface area contributed by atoms with E-state index in [0.717, 1.165) is 12.8 Å². The Hall–Kier alpha value is 0.370. The highest BCUT2D eigenvalue weighted by Gasteiger charge is 2.18. The Balaban J connectivity index is 3.96. The highest BCUT2D eigenvalue weighted by atomic mass is 33.1. The molecule has 0 aliphatic carbocycles. The molecule has 0 aromatic carbocycles. The van der Waals surface area contributed by atoms with E-state index in [1.807, 2.05) is 10.8 Å². The lowest BCUT2D eigenvalue weighted by Crippen LogP contribution is -2.16. The summed E-state index contributed by atoms with van der Waals surface area (Å²) in [4.78, 5) is 11.6. The van der Waals surface area contributed by atoms with Gasteiger partial charge in [0.25, 0.3) is 0 Å². The molecule has 1 nitrogen and oxygen atoms in total. The molecule has 0 fully saturated rings. The normalized spacial score (nSPS) is 13.6. The second-order valence-corrected chi connectivity index (χ2v) is 7.09. The summed E-state index contributed by atoms with van der Waals surface area (Å²) < 4.78 is 0. The molecule has 0 aliphatic heterocycles. The van der Waals surface area contributed by atoms with Crippen LogP contribution in [0.3, 0.4) is 0 Å². The SMILES string of the molecule is CSSC(CC(=O)CC(C)C)C(C)C. The molecule has 1 unspecified atom stereocenters. The van der Waals surface area contributed by atoms with Gasteiger partial charge in [0.1, 0.15) is 5.78 Å². The van der Waals surface area contributed by atoms with E-state index in [9.17, 15) is 4.79 Å². The Morgan fingerprint density at radius 2 is 1.71 bits per heavy atom. The third kappa shape index (κ3) is 6.77. The number of ketones is 1. The van der Waals surface area contributed by atoms with Gasteiger partial charge in [-0.15, -0.1) is 0 Å². The van der Waals surface area contributed by atoms with Crippen molar-refractivity contribution in [3.8, 4) is 0 Å². The van der Waals surface area contributed by atoms with Crippen LogP contribution in [-0.4, -0.2) is 17.3 Å². The van der Waals surface area contributed by atoms with Crippen LogP contribution in [0.15, 0.2) is 0 Å². The average Bonchev–Trinajstić information content (AvgIpc) is 2.01. The molecule has 0 aliphatic rings. The van der Waals surface area contributed by atoms with Crippen LogP contribution in [-0.2, 0) is 4.79 Å². The molecule has 84 valence electrons. The molecule has 0 aromatic heterocycles. The third-order valence-electron chi connectivity index (χ3n) is 2.03. The van der Waals surface area contributed by atoms with Gasteiger partial charge in [0.05, 0.1) is 0 Å². The van der Waals surface area contributed by atoms with E-state index in [-0.39, 0.29) is 0 Å². The van der Waals surface area contributed by atoms with Crippen LogP contribution < -0.4 is 0 Å². The maximum absolute atomic E-state index is 11.6. The summed E-state index contributed by atoms with van der Waals surface area (Å²) in [6.07, 6.45) is 3.55. The van der Waals surface area contributed by atoms with Crippen molar-refractivity contribution in [3.63, 3.8) is 0 Å². The molecule has 0 bridgehead atoms. The Morgan fingerprint density at radius 1 is 1.14 bits per heavy atom. The molecule has 0 heterocycles. The van der Waals surface area contributed by atoms with Crippen LogP contribution >= 0.6 is 21.6 Å². The van der Waals surface area contributed by atoms with Crippen LogP contribution in [0, 0.1) is 11.8 Å². The van der Waals surface area contributed by atoms with Crippen molar-refractivity contribution in [1.29, 1.82) is 0 Å². The number of Topliss-reactive ketones (excluding diaryl/α,β-unsaturated/α-hetero) is 1. The predicted molar refractivity (Wildman–Crippen MR) is 68.8 cm³/mol. The molecule has 0 aromatic rings. The number of carbonyl (C=O) groups is 1. The molecule has 0 amide bonds. The molecular formula is C11H22OS2. The highest BCUT2D eigenvalue weighted by Crippen LogP contribution is 2.31. The van der Waals surface area contributed by atoms with E-state index in [0.29, 0.717) is 22.9 Å². The van der Waals surface area contributed by atoms with Crippen molar-refractivity contribution in [1.82, 2.24) is 0 Å². The molecule has 1 atom stereocenters. The molecule has 0 rings (SSSR count). The van der Waals surface area contributed by atoms with Crippen molar-refractivity contribution < 1.29 is 4.79 Å². The third-order valence-corrected chi connectivity index (χ3v) is 4.50. The predicted octanol–water partition coefficient (Wildman–Crippen LogP) is 4.03. The summed E-state index contributed by atoms with van der Waals surface area (Å²) in [5.41, 5.74) is 0. The molecule has 3 heteroatoms. The molecule has 0 N–H and O–H groups in total. The molecule has 0 saturated heterocycles. The van der Waals surface area contributed by atoms with Crippen LogP contribution in [0.25, 0.3) is 0 Å². The van der Waals surface area contributed by atoms with E-state index in [4.69, 9.17) is 0 Å². The Bertz CT molecular complexity index is 167. The van der Waals surface area contributed by atoms with E-state index >= 15 is 0 Å². The largest absolute Gasteiger partial charge is 0.300 e. The number of hydrogen-bond donors (Lipinski definition) is 0. The topological polar surface area (TPSA) is 17.1 Å². The molecule has 0 radical (unpaired) electrons. The van der Waals surface area contributed by atoms with E-state index in [1.54, 1.807) is 10.8 Å². The summed E-state index contributed by atoms with van der Waals surface area (Å²) in [7, 11) is 3.60. The van der Waals surface area contributed by atoms with Crippen LogP contribution in [0.4, 0.5) is 0 Å². The minimum Gasteiger partial charge on any atom is -0.300 e. The number of rotatable bonds is 7. The Labute approximate surface area is 96.2 Å². The van der Waals surface area contributed by atoms with Crippen molar-refractivity contribution in [2.75, 3.05) is 6.26 Å². The fourth-order valence-electron chi connectivity index (χ4n) is 1.27. The fraction of sp³-hybridized carbons (Fsp3) is 0.909. The van der Waals surface area contributed by atoms with Crippen molar-refractivity contribution >= 4 is 27.4 Å². The van der Waals surface area contributed by atoms with Gasteiger partial charge in [0.2, 0.25) is 0 Å². The average molecular weight is 234 g/mol. The summed E-state index contributed by atoms with van der Waals surface area (Å²) in [6, 6.07) is 0. The van der Waals surface area contributed by atoms with Crippen LogP contribution in [0.2, 0.25) is 0 Å². The first-order valence-corrected chi connectivity index (χ1v) is 7.80. The lowest BCUT2D eigenvalue weighted by Gasteiger charge is -2.18. The van der Waals surface area contributed by atoms with Gasteiger partial charge in [-0.3, -0.25) is 4.79 Å². The summed E-state index contributed by atoms with van der Waals surface area (Å²) in [5, 5.41) is 0.483. The molecule has 0 saturated carbocycles.